The van der Waals surface area contributed by atoms with Crippen molar-refractivity contribution in [1.29, 1.82) is 0 Å². The van der Waals surface area contributed by atoms with Gasteiger partial charge in [-0.05, 0) is 24.5 Å². The number of amides is 1. The Hall–Kier alpha value is -0.736. The van der Waals surface area contributed by atoms with Gasteiger partial charge in [0, 0.05) is 39.7 Å². The first-order chi connectivity index (χ1) is 8.86. The molecule has 0 unspecified atom stereocenters. The van der Waals surface area contributed by atoms with E-state index in [0.717, 1.165) is 18.9 Å². The van der Waals surface area contributed by atoms with Crippen LogP contribution in [0.5, 0.6) is 0 Å². The van der Waals surface area contributed by atoms with Gasteiger partial charge < -0.3 is 5.32 Å². The summed E-state index contributed by atoms with van der Waals surface area (Å²) in [4.78, 5) is 11.9. The average Bonchev–Trinajstić information content (AvgIpc) is 2.31. The van der Waals surface area contributed by atoms with Crippen LogP contribution in [0.15, 0.2) is 18.2 Å². The second-order valence-electron chi connectivity index (χ2n) is 5.38. The van der Waals surface area contributed by atoms with Crippen LogP contribution >= 0.6 is 0 Å². The van der Waals surface area contributed by atoms with Crippen LogP contribution in [0.4, 0.5) is 8.78 Å². The van der Waals surface area contributed by atoms with Crippen LogP contribution in [-0.2, 0) is 32.9 Å². The van der Waals surface area contributed by atoms with Gasteiger partial charge in [-0.1, -0.05) is 33.3 Å². The van der Waals surface area contributed by atoms with Crippen molar-refractivity contribution in [1.82, 2.24) is 5.32 Å². The molecule has 0 fully saturated rings. The quantitative estimate of drug-likeness (QED) is 0.800. The molecule has 0 aliphatic heterocycles. The van der Waals surface area contributed by atoms with Gasteiger partial charge in [-0.3, -0.25) is 4.79 Å². The standard InChI is InChI=1S/C15H21F2NO.Ti/c1-4-8-15(2,3)14(19)18-9-7-11-5-6-12(16)10-13(11)17;/h5-6,10H,4,7-9H2,1-3H3,(H,18,19);. The van der Waals surface area contributed by atoms with Gasteiger partial charge in [0.05, 0.1) is 0 Å². The molecule has 0 radical (unpaired) electrons. The third kappa shape index (κ3) is 5.72. The van der Waals surface area contributed by atoms with E-state index in [9.17, 15) is 13.6 Å². The Labute approximate surface area is 134 Å². The molecule has 0 atom stereocenters. The predicted octanol–water partition coefficient (Wildman–Crippen LogP) is 3.45. The van der Waals surface area contributed by atoms with Crippen molar-refractivity contribution in [2.45, 2.75) is 40.0 Å². The average molecular weight is 317 g/mol. The summed E-state index contributed by atoms with van der Waals surface area (Å²) >= 11 is 0. The first-order valence-corrected chi connectivity index (χ1v) is 6.59. The van der Waals surface area contributed by atoms with Crippen LogP contribution in [0.1, 0.15) is 39.2 Å². The van der Waals surface area contributed by atoms with Crippen LogP contribution in [0, 0.1) is 17.0 Å². The molecule has 1 aromatic carbocycles. The molecule has 2 nitrogen and oxygen atoms in total. The molecule has 5 heteroatoms. The Balaban J connectivity index is 0.00000361. The maximum absolute atomic E-state index is 13.4. The molecular weight excluding hydrogens is 296 g/mol. The van der Waals surface area contributed by atoms with Crippen molar-refractivity contribution in [2.24, 2.45) is 5.41 Å². The van der Waals surface area contributed by atoms with Crippen molar-refractivity contribution in [3.05, 3.63) is 35.4 Å². The van der Waals surface area contributed by atoms with E-state index in [1.807, 2.05) is 20.8 Å². The monoisotopic (exact) mass is 317 g/mol. The molecule has 1 aromatic rings. The minimum atomic E-state index is -0.589. The van der Waals surface area contributed by atoms with Crippen LogP contribution < -0.4 is 5.32 Å². The fraction of sp³-hybridized carbons (Fsp3) is 0.533. The number of carbonyl (C=O) groups excluding carboxylic acids is 1. The van der Waals surface area contributed by atoms with E-state index in [4.69, 9.17) is 0 Å². The van der Waals surface area contributed by atoms with Gasteiger partial charge in [0.25, 0.3) is 0 Å². The Kier molecular flexibility index (Phi) is 8.22. The molecule has 0 heterocycles. The number of hydrogen-bond acceptors (Lipinski definition) is 1. The normalized spacial score (nSPS) is 10.8. The van der Waals surface area contributed by atoms with E-state index in [0.29, 0.717) is 18.5 Å². The summed E-state index contributed by atoms with van der Waals surface area (Å²) in [6.07, 6.45) is 2.11. The summed E-state index contributed by atoms with van der Waals surface area (Å²) in [6, 6.07) is 3.49. The number of carbonyl (C=O) groups is 1. The maximum atomic E-state index is 13.4. The third-order valence-electron chi connectivity index (χ3n) is 3.18. The van der Waals surface area contributed by atoms with E-state index in [2.05, 4.69) is 5.32 Å². The summed E-state index contributed by atoms with van der Waals surface area (Å²) < 4.78 is 26.1. The van der Waals surface area contributed by atoms with E-state index in [1.165, 1.54) is 12.1 Å². The van der Waals surface area contributed by atoms with Crippen LogP contribution in [0.2, 0.25) is 0 Å². The fourth-order valence-corrected chi connectivity index (χ4v) is 2.01. The smallest absolute Gasteiger partial charge is 0.225 e. The van der Waals surface area contributed by atoms with Crippen molar-refractivity contribution >= 4 is 5.91 Å². The van der Waals surface area contributed by atoms with Crippen molar-refractivity contribution in [3.63, 3.8) is 0 Å². The second kappa shape index (κ2) is 8.53. The zero-order valence-electron chi connectivity index (χ0n) is 12.2. The first-order valence-electron chi connectivity index (χ1n) is 6.59. The predicted molar refractivity (Wildman–Crippen MR) is 71.8 cm³/mol. The van der Waals surface area contributed by atoms with Crippen LogP contribution in [0.3, 0.4) is 0 Å². The van der Waals surface area contributed by atoms with E-state index >= 15 is 0 Å². The SMILES string of the molecule is CCCC(C)(C)C(=O)NCCc1ccc(F)cc1F.[Ti]. The zero-order chi connectivity index (χ0) is 14.5. The molecule has 1 amide bonds. The number of halogens is 2. The van der Waals surface area contributed by atoms with Gasteiger partial charge in [0.2, 0.25) is 5.91 Å². The number of hydrogen-bond donors (Lipinski definition) is 1. The minimum absolute atomic E-state index is 0. The maximum Gasteiger partial charge on any atom is 0.225 e. The van der Waals surface area contributed by atoms with Gasteiger partial charge in [-0.25, -0.2) is 8.78 Å². The van der Waals surface area contributed by atoms with Gasteiger partial charge >= 0.3 is 0 Å². The number of nitrogens with one attached hydrogen (secondary N) is 1. The molecule has 0 saturated carbocycles. The van der Waals surface area contributed by atoms with Gasteiger partial charge in [-0.15, -0.1) is 0 Å². The molecule has 1 N–H and O–H groups in total. The molecule has 0 spiro atoms. The summed E-state index contributed by atoms with van der Waals surface area (Å²) in [5.74, 6) is -1.19. The summed E-state index contributed by atoms with van der Waals surface area (Å²) in [7, 11) is 0. The van der Waals surface area contributed by atoms with Crippen molar-refractivity contribution in [3.8, 4) is 0 Å². The number of rotatable bonds is 6. The Morgan fingerprint density at radius 2 is 1.95 bits per heavy atom. The number of benzene rings is 1. The molecule has 0 bridgehead atoms. The fourth-order valence-electron chi connectivity index (χ4n) is 2.01. The van der Waals surface area contributed by atoms with Crippen molar-refractivity contribution in [2.75, 3.05) is 6.54 Å². The summed E-state index contributed by atoms with van der Waals surface area (Å²) in [5, 5.41) is 2.80. The van der Waals surface area contributed by atoms with E-state index < -0.39 is 17.0 Å². The summed E-state index contributed by atoms with van der Waals surface area (Å²) in [6.45, 7) is 6.17. The first kappa shape index (κ1) is 19.3. The third-order valence-corrected chi connectivity index (χ3v) is 3.18. The molecule has 110 valence electrons. The Morgan fingerprint density at radius 1 is 1.30 bits per heavy atom. The topological polar surface area (TPSA) is 29.1 Å². The molecule has 20 heavy (non-hydrogen) atoms. The van der Waals surface area contributed by atoms with Crippen molar-refractivity contribution < 1.29 is 35.3 Å². The largest absolute Gasteiger partial charge is 0.355 e. The Morgan fingerprint density at radius 3 is 2.50 bits per heavy atom. The van der Waals surface area contributed by atoms with Gasteiger partial charge in [-0.2, -0.15) is 0 Å². The van der Waals surface area contributed by atoms with Crippen LogP contribution in [-0.4, -0.2) is 12.5 Å². The van der Waals surface area contributed by atoms with Gasteiger partial charge in [0.15, 0.2) is 0 Å². The molecule has 0 aliphatic rings. The zero-order valence-corrected chi connectivity index (χ0v) is 13.8. The molecule has 0 saturated heterocycles. The van der Waals surface area contributed by atoms with E-state index in [1.54, 1.807) is 0 Å². The minimum Gasteiger partial charge on any atom is -0.355 e. The molecule has 0 aromatic heterocycles. The van der Waals surface area contributed by atoms with E-state index in [-0.39, 0.29) is 27.6 Å². The van der Waals surface area contributed by atoms with Gasteiger partial charge in [0.1, 0.15) is 11.6 Å². The second-order valence-corrected chi connectivity index (χ2v) is 5.38. The Bertz CT molecular complexity index is 449. The summed E-state index contributed by atoms with van der Waals surface area (Å²) in [5.41, 5.74) is 0.00538. The molecule has 0 aliphatic carbocycles. The molecule has 1 rings (SSSR count). The molecular formula is C15H21F2NOTi. The van der Waals surface area contributed by atoms with Crippen LogP contribution in [0.25, 0.3) is 0 Å².